The van der Waals surface area contributed by atoms with Crippen molar-refractivity contribution in [2.75, 3.05) is 5.32 Å². The van der Waals surface area contributed by atoms with Crippen LogP contribution in [0.3, 0.4) is 0 Å². The lowest BCUT2D eigenvalue weighted by Crippen LogP contribution is -2.32. The van der Waals surface area contributed by atoms with Crippen LogP contribution in [0.2, 0.25) is 0 Å². The highest BCUT2D eigenvalue weighted by molar-refractivity contribution is 5.85. The summed E-state index contributed by atoms with van der Waals surface area (Å²) in [7, 11) is 0. The smallest absolute Gasteiger partial charge is 0.271 e. The summed E-state index contributed by atoms with van der Waals surface area (Å²) >= 11 is 0. The second kappa shape index (κ2) is 9.77. The van der Waals surface area contributed by atoms with Gasteiger partial charge in [0.25, 0.3) is 10.9 Å². The molecule has 3 N–H and O–H groups in total. The predicted molar refractivity (Wildman–Crippen MR) is 126 cm³/mol. The number of anilines is 2. The van der Waals surface area contributed by atoms with Crippen molar-refractivity contribution in [2.24, 2.45) is 0 Å². The summed E-state index contributed by atoms with van der Waals surface area (Å²) in [6.45, 7) is 1.97. The van der Waals surface area contributed by atoms with E-state index >= 15 is 0 Å². The Bertz CT molecular complexity index is 1290. The number of halogens is 2. The van der Waals surface area contributed by atoms with Gasteiger partial charge in [0.2, 0.25) is 0 Å². The van der Waals surface area contributed by atoms with Crippen molar-refractivity contribution < 1.29 is 9.50 Å². The molecule has 0 amide bonds. The summed E-state index contributed by atoms with van der Waals surface area (Å²) in [5.41, 5.74) is 1.59. The predicted octanol–water partition coefficient (Wildman–Crippen LogP) is 4.73. The number of benzene rings is 3. The fraction of sp³-hybridized carbons (Fsp3) is 0.120. The second-order valence-corrected chi connectivity index (χ2v) is 7.42. The van der Waals surface area contributed by atoms with Gasteiger partial charge in [-0.15, -0.1) is 12.4 Å². The largest absolute Gasteiger partial charge is 0.502 e. The van der Waals surface area contributed by atoms with E-state index < -0.39 is 16.6 Å². The quantitative estimate of drug-likeness (QED) is 0.353. The minimum Gasteiger partial charge on any atom is -0.502 e. The first-order valence-electron chi connectivity index (χ1n) is 9.89. The summed E-state index contributed by atoms with van der Waals surface area (Å²) in [6, 6.07) is 23.3. The summed E-state index contributed by atoms with van der Waals surface area (Å²) in [5, 5.41) is 16.0. The molecule has 5 nitrogen and oxygen atoms in total. The molecule has 0 heterocycles. The van der Waals surface area contributed by atoms with Gasteiger partial charge >= 0.3 is 0 Å². The third-order valence-electron chi connectivity index (χ3n) is 5.27. The van der Waals surface area contributed by atoms with Crippen molar-refractivity contribution in [3.05, 3.63) is 122 Å². The van der Waals surface area contributed by atoms with Crippen LogP contribution in [0.4, 0.5) is 15.8 Å². The first-order valence-corrected chi connectivity index (χ1v) is 9.89. The Hall–Kier alpha value is -3.48. The Morgan fingerprint density at radius 2 is 1.47 bits per heavy atom. The Morgan fingerprint density at radius 3 is 2.16 bits per heavy atom. The van der Waals surface area contributed by atoms with Gasteiger partial charge in [-0.2, -0.15) is 0 Å². The van der Waals surface area contributed by atoms with Crippen molar-refractivity contribution in [2.45, 2.75) is 19.0 Å². The maximum Gasteiger partial charge on any atom is 0.271 e. The highest BCUT2D eigenvalue weighted by atomic mass is 35.5. The van der Waals surface area contributed by atoms with E-state index in [0.29, 0.717) is 5.69 Å². The van der Waals surface area contributed by atoms with E-state index in [1.807, 2.05) is 61.5 Å². The first kappa shape index (κ1) is 23.2. The maximum atomic E-state index is 13.7. The van der Waals surface area contributed by atoms with E-state index in [1.165, 1.54) is 12.1 Å². The van der Waals surface area contributed by atoms with Gasteiger partial charge in [0.05, 0.1) is 6.04 Å². The summed E-state index contributed by atoms with van der Waals surface area (Å²) in [6.07, 6.45) is 0. The van der Waals surface area contributed by atoms with Gasteiger partial charge in [0.1, 0.15) is 11.5 Å². The lowest BCUT2D eigenvalue weighted by Gasteiger charge is -2.25. The van der Waals surface area contributed by atoms with Crippen molar-refractivity contribution in [3.63, 3.8) is 0 Å². The molecule has 0 aromatic heterocycles. The molecule has 1 unspecified atom stereocenters. The highest BCUT2D eigenvalue weighted by Crippen LogP contribution is 2.29. The van der Waals surface area contributed by atoms with Crippen molar-refractivity contribution in [1.82, 2.24) is 5.32 Å². The molecule has 0 spiro atoms. The molecule has 0 aliphatic carbocycles. The lowest BCUT2D eigenvalue weighted by molar-refractivity contribution is 0.466. The summed E-state index contributed by atoms with van der Waals surface area (Å²) in [4.78, 5) is 22.9. The second-order valence-electron chi connectivity index (χ2n) is 7.42. The first-order chi connectivity index (χ1) is 14.9. The fourth-order valence-electron chi connectivity index (χ4n) is 3.59. The molecule has 7 heteroatoms. The molecule has 4 aromatic rings. The molecule has 0 fully saturated rings. The van der Waals surface area contributed by atoms with Crippen LogP contribution in [0.25, 0.3) is 0 Å². The molecule has 4 rings (SSSR count). The average molecular weight is 453 g/mol. The standard InChI is InChI=1S/C25H21FN2O3.ClH/c1-15(17-9-5-11-19(26)13-17)27-21(16-7-3-2-4-8-16)18-10-6-12-20(14-18)28-22-23(29)25(31)24(22)30;/h2-15,21,27-29H,1H3;1H/t15-,21?;/m1./s1. The normalized spacial score (nSPS) is 12.7. The Kier molecular flexibility index (Phi) is 7.08. The van der Waals surface area contributed by atoms with Crippen LogP contribution in [0.1, 0.15) is 35.7 Å². The third kappa shape index (κ3) is 4.72. The molecule has 0 aliphatic rings. The van der Waals surface area contributed by atoms with E-state index in [-0.39, 0.29) is 36.0 Å². The van der Waals surface area contributed by atoms with E-state index in [9.17, 15) is 19.1 Å². The van der Waals surface area contributed by atoms with Crippen LogP contribution in [-0.2, 0) is 0 Å². The molecule has 0 saturated heterocycles. The van der Waals surface area contributed by atoms with Gasteiger partial charge in [-0.25, -0.2) is 4.39 Å². The molecule has 4 aromatic carbocycles. The minimum atomic E-state index is -0.883. The van der Waals surface area contributed by atoms with E-state index in [1.54, 1.807) is 12.1 Å². The highest BCUT2D eigenvalue weighted by Gasteiger charge is 2.21. The third-order valence-corrected chi connectivity index (χ3v) is 5.27. The van der Waals surface area contributed by atoms with Gasteiger partial charge in [0, 0.05) is 11.7 Å². The van der Waals surface area contributed by atoms with Crippen LogP contribution in [0.15, 0.2) is 88.5 Å². The molecular formula is C25H22ClFN2O3. The van der Waals surface area contributed by atoms with Crippen LogP contribution in [0, 0.1) is 5.82 Å². The Balaban J connectivity index is 0.00000289. The molecule has 0 aliphatic heterocycles. The van der Waals surface area contributed by atoms with Gasteiger partial charge in [0.15, 0.2) is 5.75 Å². The molecule has 164 valence electrons. The number of rotatable bonds is 7. The van der Waals surface area contributed by atoms with Crippen LogP contribution in [0.5, 0.6) is 5.75 Å². The molecule has 32 heavy (non-hydrogen) atoms. The van der Waals surface area contributed by atoms with Crippen LogP contribution >= 0.6 is 12.4 Å². The summed E-state index contributed by atoms with van der Waals surface area (Å²) < 4.78 is 13.7. The molecule has 0 bridgehead atoms. The van der Waals surface area contributed by atoms with E-state index in [4.69, 9.17) is 0 Å². The molecule has 0 saturated carbocycles. The topological polar surface area (TPSA) is 78.4 Å². The number of hydrogen-bond acceptors (Lipinski definition) is 5. The molecule has 0 radical (unpaired) electrons. The number of aromatic hydroxyl groups is 1. The SMILES string of the molecule is C[C@@H](NC(c1ccccc1)c1cccc(Nc2c(O)c(=O)c2=O)c1)c1cccc(F)c1.Cl. The average Bonchev–Trinajstić information content (AvgIpc) is 2.81. The number of nitrogens with one attached hydrogen (secondary N) is 2. The monoisotopic (exact) mass is 452 g/mol. The summed E-state index contributed by atoms with van der Waals surface area (Å²) in [5.74, 6) is -0.839. The Labute approximate surface area is 190 Å². The van der Waals surface area contributed by atoms with E-state index in [0.717, 1.165) is 16.7 Å². The Morgan fingerprint density at radius 1 is 0.812 bits per heavy atom. The zero-order valence-electron chi connectivity index (χ0n) is 17.2. The molecular weight excluding hydrogens is 431 g/mol. The fourth-order valence-corrected chi connectivity index (χ4v) is 3.59. The van der Waals surface area contributed by atoms with Gasteiger partial charge in [-0.3, -0.25) is 14.9 Å². The van der Waals surface area contributed by atoms with Gasteiger partial charge in [-0.1, -0.05) is 54.6 Å². The van der Waals surface area contributed by atoms with Gasteiger partial charge in [-0.05, 0) is 47.9 Å². The zero-order valence-corrected chi connectivity index (χ0v) is 18.0. The zero-order chi connectivity index (χ0) is 22.0. The lowest BCUT2D eigenvalue weighted by atomic mass is 9.96. The molecule has 2 atom stereocenters. The number of hydrogen-bond donors (Lipinski definition) is 3. The minimum absolute atomic E-state index is 0. The van der Waals surface area contributed by atoms with Crippen molar-refractivity contribution in [1.29, 1.82) is 0 Å². The van der Waals surface area contributed by atoms with Crippen LogP contribution in [-0.4, -0.2) is 5.11 Å². The van der Waals surface area contributed by atoms with Crippen LogP contribution < -0.4 is 21.5 Å². The van der Waals surface area contributed by atoms with Gasteiger partial charge < -0.3 is 10.4 Å². The maximum absolute atomic E-state index is 13.7. The van der Waals surface area contributed by atoms with Crippen molar-refractivity contribution in [3.8, 4) is 5.75 Å². The van der Waals surface area contributed by atoms with Crippen molar-refractivity contribution >= 4 is 23.8 Å². The van der Waals surface area contributed by atoms with E-state index in [2.05, 4.69) is 10.6 Å².